The van der Waals surface area contributed by atoms with Crippen LogP contribution in [0.4, 0.5) is 0 Å². The lowest BCUT2D eigenvalue weighted by atomic mass is 10.1. The third-order valence-electron chi connectivity index (χ3n) is 2.44. The number of rotatable bonds is 3. The molecule has 0 saturated carbocycles. The Labute approximate surface area is 95.9 Å². The van der Waals surface area contributed by atoms with Gasteiger partial charge >= 0.3 is 0 Å². The molecule has 0 aliphatic heterocycles. The zero-order chi connectivity index (χ0) is 11.4. The molecular weight excluding hydrogens is 198 g/mol. The first-order chi connectivity index (χ1) is 7.81. The minimum Gasteiger partial charge on any atom is -0.478 e. The van der Waals surface area contributed by atoms with Crippen molar-refractivity contribution in [3.8, 4) is 17.1 Å². The number of benzene rings is 1. The molecule has 0 aliphatic carbocycles. The number of aryl methyl sites for hydroxylation is 1. The Morgan fingerprint density at radius 1 is 1.06 bits per heavy atom. The van der Waals surface area contributed by atoms with Crippen LogP contribution in [0.25, 0.3) is 11.3 Å². The highest BCUT2D eigenvalue weighted by molar-refractivity contribution is 5.63. The van der Waals surface area contributed by atoms with Crippen LogP contribution in [-0.2, 0) is 0 Å². The Hall–Kier alpha value is -1.83. The van der Waals surface area contributed by atoms with E-state index in [0.29, 0.717) is 12.5 Å². The third-order valence-corrected chi connectivity index (χ3v) is 2.44. The van der Waals surface area contributed by atoms with Gasteiger partial charge in [0.2, 0.25) is 5.88 Å². The largest absolute Gasteiger partial charge is 0.478 e. The second-order valence-electron chi connectivity index (χ2n) is 3.61. The lowest BCUT2D eigenvalue weighted by Crippen LogP contribution is -1.95. The number of hydrogen-bond acceptors (Lipinski definition) is 2. The van der Waals surface area contributed by atoms with Gasteiger partial charge in [0.1, 0.15) is 0 Å². The van der Waals surface area contributed by atoms with Crippen molar-refractivity contribution in [2.75, 3.05) is 6.61 Å². The molecule has 0 amide bonds. The van der Waals surface area contributed by atoms with E-state index in [1.165, 1.54) is 5.56 Å². The highest BCUT2D eigenvalue weighted by Gasteiger charge is 2.03. The highest BCUT2D eigenvalue weighted by Crippen LogP contribution is 2.22. The second-order valence-corrected chi connectivity index (χ2v) is 3.61. The van der Waals surface area contributed by atoms with Gasteiger partial charge in [0.05, 0.1) is 12.3 Å². The van der Waals surface area contributed by atoms with Crippen molar-refractivity contribution in [2.45, 2.75) is 13.8 Å². The first-order valence-electron chi connectivity index (χ1n) is 5.47. The van der Waals surface area contributed by atoms with E-state index in [4.69, 9.17) is 4.74 Å². The number of aromatic nitrogens is 1. The van der Waals surface area contributed by atoms with E-state index in [-0.39, 0.29) is 0 Å². The summed E-state index contributed by atoms with van der Waals surface area (Å²) in [7, 11) is 0. The average molecular weight is 213 g/mol. The van der Waals surface area contributed by atoms with E-state index >= 15 is 0 Å². The van der Waals surface area contributed by atoms with Crippen LogP contribution >= 0.6 is 0 Å². The smallest absolute Gasteiger partial charge is 0.213 e. The quantitative estimate of drug-likeness (QED) is 0.779. The van der Waals surface area contributed by atoms with Crippen LogP contribution in [0.1, 0.15) is 12.5 Å². The Kier molecular flexibility index (Phi) is 3.20. The normalized spacial score (nSPS) is 10.1. The summed E-state index contributed by atoms with van der Waals surface area (Å²) < 4.78 is 5.40. The van der Waals surface area contributed by atoms with Gasteiger partial charge in [-0.3, -0.25) is 0 Å². The highest BCUT2D eigenvalue weighted by atomic mass is 16.5. The SMILES string of the molecule is CCOc1cccc(-c2ccccc2C)n1. The molecule has 0 fully saturated rings. The van der Waals surface area contributed by atoms with Crippen LogP contribution in [0.2, 0.25) is 0 Å². The second kappa shape index (κ2) is 4.79. The summed E-state index contributed by atoms with van der Waals surface area (Å²) in [5.41, 5.74) is 3.34. The molecule has 0 aliphatic rings. The van der Waals surface area contributed by atoms with Crippen molar-refractivity contribution in [3.63, 3.8) is 0 Å². The maximum Gasteiger partial charge on any atom is 0.213 e. The van der Waals surface area contributed by atoms with Gasteiger partial charge in [-0.1, -0.05) is 30.3 Å². The van der Waals surface area contributed by atoms with Crippen LogP contribution in [0.5, 0.6) is 5.88 Å². The summed E-state index contributed by atoms with van der Waals surface area (Å²) in [6, 6.07) is 14.1. The molecule has 1 heterocycles. The van der Waals surface area contributed by atoms with Gasteiger partial charge in [-0.15, -0.1) is 0 Å². The fourth-order valence-electron chi connectivity index (χ4n) is 1.65. The van der Waals surface area contributed by atoms with Gasteiger partial charge < -0.3 is 4.74 Å². The van der Waals surface area contributed by atoms with Gasteiger partial charge in [-0.2, -0.15) is 0 Å². The Morgan fingerprint density at radius 2 is 1.88 bits per heavy atom. The fraction of sp³-hybridized carbons (Fsp3) is 0.214. The molecule has 0 spiro atoms. The van der Waals surface area contributed by atoms with E-state index in [1.807, 2.05) is 37.3 Å². The summed E-state index contributed by atoms with van der Waals surface area (Å²) in [4.78, 5) is 4.47. The van der Waals surface area contributed by atoms with Crippen molar-refractivity contribution < 1.29 is 4.74 Å². The van der Waals surface area contributed by atoms with Crippen LogP contribution in [0, 0.1) is 6.92 Å². The lowest BCUT2D eigenvalue weighted by Gasteiger charge is -2.07. The van der Waals surface area contributed by atoms with E-state index in [1.54, 1.807) is 0 Å². The molecule has 2 aromatic rings. The molecular formula is C14H15NO. The Balaban J connectivity index is 2.40. The fourth-order valence-corrected chi connectivity index (χ4v) is 1.65. The summed E-state index contributed by atoms with van der Waals surface area (Å²) in [5, 5.41) is 0. The topological polar surface area (TPSA) is 22.1 Å². The molecule has 0 unspecified atom stereocenters. The van der Waals surface area contributed by atoms with Crippen molar-refractivity contribution >= 4 is 0 Å². The molecule has 0 radical (unpaired) electrons. The minimum atomic E-state index is 0.643. The standard InChI is InChI=1S/C14H15NO/c1-3-16-14-10-6-9-13(15-14)12-8-5-4-7-11(12)2/h4-10H,3H2,1-2H3. The average Bonchev–Trinajstić information content (AvgIpc) is 2.30. The summed E-state index contributed by atoms with van der Waals surface area (Å²) in [6.45, 7) is 4.69. The van der Waals surface area contributed by atoms with Crippen molar-refractivity contribution in [3.05, 3.63) is 48.0 Å². The Bertz CT molecular complexity index is 480. The van der Waals surface area contributed by atoms with Crippen LogP contribution in [0.3, 0.4) is 0 Å². The number of nitrogens with zero attached hydrogens (tertiary/aromatic N) is 1. The van der Waals surface area contributed by atoms with E-state index in [2.05, 4.69) is 24.0 Å². The first kappa shape index (κ1) is 10.7. The molecule has 82 valence electrons. The Morgan fingerprint density at radius 3 is 2.62 bits per heavy atom. The van der Waals surface area contributed by atoms with Crippen molar-refractivity contribution in [1.29, 1.82) is 0 Å². The molecule has 1 aromatic carbocycles. The molecule has 0 bridgehead atoms. The van der Waals surface area contributed by atoms with Gasteiger partial charge in [0.15, 0.2) is 0 Å². The van der Waals surface area contributed by atoms with Gasteiger partial charge in [-0.25, -0.2) is 4.98 Å². The van der Waals surface area contributed by atoms with Crippen LogP contribution in [0.15, 0.2) is 42.5 Å². The molecule has 2 heteroatoms. The van der Waals surface area contributed by atoms with Crippen LogP contribution < -0.4 is 4.74 Å². The van der Waals surface area contributed by atoms with Gasteiger partial charge in [-0.05, 0) is 25.5 Å². The van der Waals surface area contributed by atoms with E-state index in [0.717, 1.165) is 11.3 Å². The zero-order valence-corrected chi connectivity index (χ0v) is 9.60. The maximum absolute atomic E-state index is 5.40. The minimum absolute atomic E-state index is 0.643. The molecule has 1 aromatic heterocycles. The molecule has 0 N–H and O–H groups in total. The molecule has 2 rings (SSSR count). The molecule has 2 nitrogen and oxygen atoms in total. The monoisotopic (exact) mass is 213 g/mol. The molecule has 16 heavy (non-hydrogen) atoms. The van der Waals surface area contributed by atoms with Gasteiger partial charge in [0, 0.05) is 11.6 Å². The first-order valence-corrected chi connectivity index (χ1v) is 5.47. The molecule has 0 atom stereocenters. The van der Waals surface area contributed by atoms with Crippen molar-refractivity contribution in [2.24, 2.45) is 0 Å². The van der Waals surface area contributed by atoms with Gasteiger partial charge in [0.25, 0.3) is 0 Å². The number of pyridine rings is 1. The van der Waals surface area contributed by atoms with E-state index < -0.39 is 0 Å². The third kappa shape index (κ3) is 2.22. The van der Waals surface area contributed by atoms with E-state index in [9.17, 15) is 0 Å². The van der Waals surface area contributed by atoms with Crippen LogP contribution in [-0.4, -0.2) is 11.6 Å². The van der Waals surface area contributed by atoms with Crippen molar-refractivity contribution in [1.82, 2.24) is 4.98 Å². The lowest BCUT2D eigenvalue weighted by molar-refractivity contribution is 0.327. The summed E-state index contributed by atoms with van der Waals surface area (Å²) in [5.74, 6) is 0.684. The predicted octanol–water partition coefficient (Wildman–Crippen LogP) is 3.46. The summed E-state index contributed by atoms with van der Waals surface area (Å²) >= 11 is 0. The number of ether oxygens (including phenoxy) is 1. The number of hydrogen-bond donors (Lipinski definition) is 0. The maximum atomic E-state index is 5.40. The summed E-state index contributed by atoms with van der Waals surface area (Å²) in [6.07, 6.45) is 0. The molecule has 0 saturated heterocycles. The zero-order valence-electron chi connectivity index (χ0n) is 9.60. The predicted molar refractivity (Wildman–Crippen MR) is 65.6 cm³/mol.